The summed E-state index contributed by atoms with van der Waals surface area (Å²) in [6, 6.07) is 4.61. The smallest absolute Gasteiger partial charge is 0.337 e. The third kappa shape index (κ3) is 4.91. The van der Waals surface area contributed by atoms with Crippen molar-refractivity contribution in [2.45, 2.75) is 19.6 Å². The highest BCUT2D eigenvalue weighted by Crippen LogP contribution is 2.31. The molecule has 2 aromatic rings. The van der Waals surface area contributed by atoms with Crippen LogP contribution in [0.2, 0.25) is 0 Å². The van der Waals surface area contributed by atoms with Crippen molar-refractivity contribution in [2.75, 3.05) is 0 Å². The van der Waals surface area contributed by atoms with Gasteiger partial charge in [0.15, 0.2) is 0 Å². The summed E-state index contributed by atoms with van der Waals surface area (Å²) >= 11 is 0.184. The van der Waals surface area contributed by atoms with Crippen molar-refractivity contribution in [3.63, 3.8) is 0 Å². The lowest BCUT2D eigenvalue weighted by Gasteiger charge is -2.10. The molecule has 0 unspecified atom stereocenters. The van der Waals surface area contributed by atoms with Crippen LogP contribution < -0.4 is 0 Å². The molecule has 2 rings (SSSR count). The first-order valence-electron chi connectivity index (χ1n) is 7.01. The number of carboxylic acids is 2. The lowest BCUT2D eigenvalue weighted by molar-refractivity contribution is -0.432. The van der Waals surface area contributed by atoms with Crippen molar-refractivity contribution in [3.8, 4) is 0 Å². The zero-order valence-electron chi connectivity index (χ0n) is 13.7. The quantitative estimate of drug-likeness (QED) is 0.189. The Labute approximate surface area is 167 Å². The van der Waals surface area contributed by atoms with Gasteiger partial charge in [0.1, 0.15) is 4.90 Å². The van der Waals surface area contributed by atoms with Crippen molar-refractivity contribution in [3.05, 3.63) is 47.5 Å². The van der Waals surface area contributed by atoms with Gasteiger partial charge in [-0.1, -0.05) is 5.04 Å². The molecule has 156 valence electrons. The molecule has 0 aliphatic rings. The average Bonchev–Trinajstić information content (AvgIpc) is 2.64. The molecule has 15 heteroatoms. The first kappa shape index (κ1) is 22.8. The van der Waals surface area contributed by atoms with E-state index >= 15 is 0 Å². The van der Waals surface area contributed by atoms with Crippen molar-refractivity contribution in [2.24, 2.45) is 0 Å². The minimum absolute atomic E-state index is 0.184. The third-order valence-electron chi connectivity index (χ3n) is 3.42. The van der Waals surface area contributed by atoms with Crippen molar-refractivity contribution >= 4 is 43.9 Å². The molecule has 0 saturated carbocycles. The lowest BCUT2D eigenvalue weighted by Crippen LogP contribution is -2.11. The van der Waals surface area contributed by atoms with Crippen LogP contribution in [0.25, 0.3) is 0 Å². The van der Waals surface area contributed by atoms with Gasteiger partial charge >= 0.3 is 11.9 Å². The van der Waals surface area contributed by atoms with E-state index in [0.29, 0.717) is 12.1 Å². The van der Waals surface area contributed by atoms with Gasteiger partial charge in [0.2, 0.25) is 9.84 Å². The minimum atomic E-state index is -5.07. The maximum atomic E-state index is 12.8. The maximum absolute atomic E-state index is 12.8. The average molecular weight is 466 g/mol. The molecule has 12 nitrogen and oxygen atoms in total. The van der Waals surface area contributed by atoms with E-state index in [0.717, 1.165) is 24.3 Å². The van der Waals surface area contributed by atoms with E-state index in [1.807, 2.05) is 0 Å². The van der Waals surface area contributed by atoms with Crippen molar-refractivity contribution in [1.82, 2.24) is 0 Å². The van der Waals surface area contributed by atoms with Gasteiger partial charge in [-0.2, -0.15) is 8.42 Å². The largest absolute Gasteiger partial charge is 0.478 e. The fourth-order valence-corrected chi connectivity index (χ4v) is 4.86. The molecule has 0 bridgehead atoms. The molecule has 29 heavy (non-hydrogen) atoms. The number of rotatable bonds is 8. The van der Waals surface area contributed by atoms with E-state index in [2.05, 4.69) is 9.37 Å². The number of sulfone groups is 1. The SMILES string of the molecule is O=C(O)c1ccc(S(=O)(=O)c2ccc(C(=O)O)c(S(=O)(=O)O)c2)cc1SOOO. The van der Waals surface area contributed by atoms with E-state index in [9.17, 15) is 31.0 Å². The Bertz CT molecular complexity index is 1180. The second-order valence-corrected chi connectivity index (χ2v) is 9.21. The van der Waals surface area contributed by atoms with Gasteiger partial charge in [0, 0.05) is 0 Å². The van der Waals surface area contributed by atoms with Crippen LogP contribution in [-0.2, 0) is 29.3 Å². The molecular weight excluding hydrogens is 456 g/mol. The van der Waals surface area contributed by atoms with Crippen molar-refractivity contribution in [1.29, 1.82) is 0 Å². The predicted molar refractivity (Wildman–Crippen MR) is 92.7 cm³/mol. The Hall–Kier alpha value is -2.53. The Morgan fingerprint density at radius 2 is 1.38 bits per heavy atom. The summed E-state index contributed by atoms with van der Waals surface area (Å²) in [6.45, 7) is 0. The molecule has 0 aliphatic heterocycles. The number of carbonyl (C=O) groups is 2. The second-order valence-electron chi connectivity index (χ2n) is 5.13. The van der Waals surface area contributed by atoms with E-state index in [4.69, 9.17) is 15.5 Å². The second kappa shape index (κ2) is 8.46. The monoisotopic (exact) mass is 466 g/mol. The zero-order chi connectivity index (χ0) is 22.0. The van der Waals surface area contributed by atoms with Gasteiger partial charge in [-0.05, 0) is 36.4 Å². The molecule has 0 spiro atoms. The van der Waals surface area contributed by atoms with Crippen LogP contribution in [0.5, 0.6) is 0 Å². The highest BCUT2D eigenvalue weighted by atomic mass is 32.2. The highest BCUT2D eigenvalue weighted by molar-refractivity contribution is 7.94. The van der Waals surface area contributed by atoms with Crippen LogP contribution in [0.15, 0.2) is 56.0 Å². The van der Waals surface area contributed by atoms with E-state index in [-0.39, 0.29) is 16.9 Å². The molecule has 4 N–H and O–H groups in total. The van der Waals surface area contributed by atoms with Gasteiger partial charge < -0.3 is 10.2 Å². The summed E-state index contributed by atoms with van der Waals surface area (Å²) in [5.41, 5.74) is -1.25. The van der Waals surface area contributed by atoms with Crippen LogP contribution in [0.3, 0.4) is 0 Å². The number of carboxylic acid groups (broad SMARTS) is 2. The molecule has 0 radical (unpaired) electrons. The summed E-state index contributed by atoms with van der Waals surface area (Å²) in [6.07, 6.45) is 0. The minimum Gasteiger partial charge on any atom is -0.478 e. The molecule has 0 fully saturated rings. The molecule has 2 aromatic carbocycles. The summed E-state index contributed by atoms with van der Waals surface area (Å²) in [5.74, 6) is -3.16. The molecule has 0 aromatic heterocycles. The summed E-state index contributed by atoms with van der Waals surface area (Å²) < 4.78 is 61.8. The van der Waals surface area contributed by atoms with Crippen LogP contribution in [0, 0.1) is 0 Å². The first-order chi connectivity index (χ1) is 13.4. The Morgan fingerprint density at radius 3 is 1.86 bits per heavy atom. The lowest BCUT2D eigenvalue weighted by atomic mass is 10.2. The highest BCUT2D eigenvalue weighted by Gasteiger charge is 2.27. The zero-order valence-corrected chi connectivity index (χ0v) is 16.2. The molecule has 0 saturated heterocycles. The number of hydrogen-bond donors (Lipinski definition) is 4. The van der Waals surface area contributed by atoms with Crippen LogP contribution in [0.4, 0.5) is 0 Å². The fourth-order valence-electron chi connectivity index (χ4n) is 2.16. The predicted octanol–water partition coefficient (Wildman–Crippen LogP) is 1.59. The summed E-state index contributed by atoms with van der Waals surface area (Å²) in [4.78, 5) is 19.7. The molecule has 0 atom stereocenters. The van der Waals surface area contributed by atoms with Crippen LogP contribution in [0.1, 0.15) is 20.7 Å². The van der Waals surface area contributed by atoms with E-state index in [1.165, 1.54) is 0 Å². The topological polar surface area (TPSA) is 202 Å². The van der Waals surface area contributed by atoms with Gasteiger partial charge in [-0.3, -0.25) is 4.55 Å². The summed E-state index contributed by atoms with van der Waals surface area (Å²) in [7, 11) is -9.56. The van der Waals surface area contributed by atoms with E-state index in [1.54, 1.807) is 0 Å². The normalized spacial score (nSPS) is 11.9. The molecule has 0 heterocycles. The Kier molecular flexibility index (Phi) is 6.63. The number of hydrogen-bond acceptors (Lipinski definition) is 10. The van der Waals surface area contributed by atoms with Crippen LogP contribution in [-0.4, -0.2) is 48.8 Å². The van der Waals surface area contributed by atoms with Gasteiger partial charge in [0.05, 0.1) is 37.9 Å². The van der Waals surface area contributed by atoms with E-state index < -0.39 is 57.7 Å². The van der Waals surface area contributed by atoms with Gasteiger partial charge in [-0.15, -0.1) is 4.33 Å². The Morgan fingerprint density at radius 1 is 0.862 bits per heavy atom. The van der Waals surface area contributed by atoms with Crippen LogP contribution >= 0.6 is 12.0 Å². The third-order valence-corrected chi connectivity index (χ3v) is 6.71. The number of benzene rings is 2. The summed E-state index contributed by atoms with van der Waals surface area (Å²) in [5, 5.41) is 29.7. The molecule has 0 amide bonds. The maximum Gasteiger partial charge on any atom is 0.337 e. The first-order valence-corrected chi connectivity index (χ1v) is 10.7. The molecule has 0 aliphatic carbocycles. The fraction of sp³-hybridized carbons (Fsp3) is 0. The number of aromatic carboxylic acids is 2. The molecular formula is C14H10O12S3. The van der Waals surface area contributed by atoms with Gasteiger partial charge in [0.25, 0.3) is 10.1 Å². The van der Waals surface area contributed by atoms with Gasteiger partial charge in [-0.25, -0.2) is 23.3 Å². The standard InChI is InChI=1S/C14H10O12S3/c15-13(16)9-3-1-7(5-11(9)27-26-25-19)28(20,21)8-2-4-10(14(17)18)12(6-8)29(22,23)24/h1-6,19H,(H,15,16)(H,17,18)(H,22,23,24). The Balaban J connectivity index is 2.67. The van der Waals surface area contributed by atoms with Crippen molar-refractivity contribution < 1.29 is 55.8 Å².